The molecule has 1 aliphatic carbocycles. The van der Waals surface area contributed by atoms with Gasteiger partial charge in [0.2, 0.25) is 0 Å². The number of nitrogens with zero attached hydrogens (tertiary/aromatic N) is 3. The third kappa shape index (κ3) is 4.84. The monoisotopic (exact) mass is 487 g/mol. The van der Waals surface area contributed by atoms with Gasteiger partial charge in [0.25, 0.3) is 5.91 Å². The molecule has 2 aliphatic rings. The van der Waals surface area contributed by atoms with Gasteiger partial charge in [-0.25, -0.2) is 4.98 Å². The zero-order valence-electron chi connectivity index (χ0n) is 19.5. The Morgan fingerprint density at radius 2 is 1.91 bits per heavy atom. The molecule has 1 saturated carbocycles. The van der Waals surface area contributed by atoms with Crippen LogP contribution in [0.1, 0.15) is 60.7 Å². The number of rotatable bonds is 4. The highest BCUT2D eigenvalue weighted by Crippen LogP contribution is 2.46. The predicted molar refractivity (Wildman–Crippen MR) is 126 cm³/mol. The number of anilines is 1. The highest BCUT2D eigenvalue weighted by molar-refractivity contribution is 6.05. The normalized spacial score (nSPS) is 18.6. The second kappa shape index (κ2) is 9.14. The van der Waals surface area contributed by atoms with E-state index in [4.69, 9.17) is 9.84 Å². The Balaban J connectivity index is 1.35. The maximum absolute atomic E-state index is 13.0. The summed E-state index contributed by atoms with van der Waals surface area (Å²) in [5.41, 5.74) is 0.103. The molecule has 1 spiro atoms. The Morgan fingerprint density at radius 1 is 1.17 bits per heavy atom. The van der Waals surface area contributed by atoms with E-state index in [1.165, 1.54) is 38.9 Å². The summed E-state index contributed by atoms with van der Waals surface area (Å²) in [6, 6.07) is 7.02. The van der Waals surface area contributed by atoms with E-state index in [1.807, 2.05) is 10.9 Å². The second-order valence-electron chi connectivity index (χ2n) is 9.56. The van der Waals surface area contributed by atoms with Crippen molar-refractivity contribution in [2.75, 3.05) is 25.5 Å². The van der Waals surface area contributed by atoms with Crippen LogP contribution < -0.4 is 15.4 Å². The van der Waals surface area contributed by atoms with Crippen LogP contribution in [0, 0.1) is 5.41 Å². The zero-order chi connectivity index (χ0) is 24.6. The number of ether oxygens (including phenoxy) is 1. The summed E-state index contributed by atoms with van der Waals surface area (Å²) in [6.45, 7) is 2.20. The molecule has 5 rings (SSSR count). The van der Waals surface area contributed by atoms with Crippen molar-refractivity contribution in [3.63, 3.8) is 0 Å². The number of fused-ring (bicyclic) bond motifs is 1. The van der Waals surface area contributed by atoms with Crippen molar-refractivity contribution in [3.05, 3.63) is 47.9 Å². The van der Waals surface area contributed by atoms with Gasteiger partial charge < -0.3 is 15.4 Å². The quantitative estimate of drug-likeness (QED) is 0.529. The Labute approximate surface area is 201 Å². The number of hydrogen-bond acceptors (Lipinski definition) is 5. The van der Waals surface area contributed by atoms with Gasteiger partial charge >= 0.3 is 6.18 Å². The standard InChI is InChI=1S/C25H28F3N5O2/c1-35-21-14-19-16(13-20(21)31-23(34)18-3-2-4-22(30-18)25(26,27)28)15-33(32-19)17-5-7-24(8-6-17)9-11-29-12-10-24/h2-4,13-15,17,29H,5-12H2,1H3,(H,31,34). The molecular formula is C25H28F3N5O2. The zero-order valence-corrected chi connectivity index (χ0v) is 19.5. The van der Waals surface area contributed by atoms with Crippen molar-refractivity contribution in [2.24, 2.45) is 5.41 Å². The largest absolute Gasteiger partial charge is 0.494 e. The minimum Gasteiger partial charge on any atom is -0.494 e. The number of amides is 1. The molecule has 1 aromatic carbocycles. The minimum atomic E-state index is -4.63. The molecule has 1 amide bonds. The van der Waals surface area contributed by atoms with Gasteiger partial charge in [0, 0.05) is 17.6 Å². The van der Waals surface area contributed by atoms with Gasteiger partial charge in [-0.15, -0.1) is 0 Å². The predicted octanol–water partition coefficient (Wildman–Crippen LogP) is 5.20. The number of nitrogens with one attached hydrogen (secondary N) is 2. The fraction of sp³-hybridized carbons (Fsp3) is 0.480. The maximum Gasteiger partial charge on any atom is 0.433 e. The summed E-state index contributed by atoms with van der Waals surface area (Å²) in [6.07, 6.45) is 4.37. The van der Waals surface area contributed by atoms with Gasteiger partial charge in [-0.2, -0.15) is 18.3 Å². The molecule has 3 heterocycles. The van der Waals surface area contributed by atoms with Gasteiger partial charge in [-0.1, -0.05) is 6.07 Å². The number of alkyl halides is 3. The van der Waals surface area contributed by atoms with Crippen molar-refractivity contribution in [1.82, 2.24) is 20.1 Å². The summed E-state index contributed by atoms with van der Waals surface area (Å²) < 4.78 is 46.4. The van der Waals surface area contributed by atoms with Gasteiger partial charge in [0.15, 0.2) is 0 Å². The molecule has 1 saturated heterocycles. The molecule has 0 radical (unpaired) electrons. The third-order valence-corrected chi connectivity index (χ3v) is 7.42. The van der Waals surface area contributed by atoms with E-state index in [0.29, 0.717) is 22.9 Å². The molecule has 1 aliphatic heterocycles. The Bertz CT molecular complexity index is 1220. The van der Waals surface area contributed by atoms with Crippen LogP contribution in [-0.4, -0.2) is 40.9 Å². The molecule has 10 heteroatoms. The average molecular weight is 488 g/mol. The molecule has 35 heavy (non-hydrogen) atoms. The average Bonchev–Trinajstić information content (AvgIpc) is 3.27. The number of benzene rings is 1. The van der Waals surface area contributed by atoms with Crippen LogP contribution in [-0.2, 0) is 6.18 Å². The number of hydrogen-bond donors (Lipinski definition) is 2. The third-order valence-electron chi connectivity index (χ3n) is 7.42. The van der Waals surface area contributed by atoms with Gasteiger partial charge in [0.1, 0.15) is 17.1 Å². The maximum atomic E-state index is 13.0. The van der Waals surface area contributed by atoms with E-state index in [2.05, 4.69) is 15.6 Å². The molecule has 2 fully saturated rings. The molecule has 186 valence electrons. The lowest BCUT2D eigenvalue weighted by Crippen LogP contribution is -2.39. The summed E-state index contributed by atoms with van der Waals surface area (Å²) in [5, 5.41) is 11.7. The minimum absolute atomic E-state index is 0.321. The molecule has 0 atom stereocenters. The molecule has 0 bridgehead atoms. The SMILES string of the molecule is COc1cc2nn(C3CCC4(CCNCC4)CC3)cc2cc1NC(=O)c1cccc(C(F)(F)F)n1. The molecule has 3 aromatic rings. The van der Waals surface area contributed by atoms with Crippen molar-refractivity contribution < 1.29 is 22.7 Å². The first kappa shape index (κ1) is 23.6. The van der Waals surface area contributed by atoms with E-state index < -0.39 is 17.8 Å². The van der Waals surface area contributed by atoms with Crippen molar-refractivity contribution in [2.45, 2.75) is 50.7 Å². The van der Waals surface area contributed by atoms with E-state index in [-0.39, 0.29) is 5.69 Å². The number of halogens is 3. The fourth-order valence-corrected chi connectivity index (χ4v) is 5.37. The van der Waals surface area contributed by atoms with E-state index >= 15 is 0 Å². The molecule has 7 nitrogen and oxygen atoms in total. The number of carbonyl (C=O) groups is 1. The van der Waals surface area contributed by atoms with Crippen molar-refractivity contribution in [3.8, 4) is 5.75 Å². The van der Waals surface area contributed by atoms with E-state index in [9.17, 15) is 18.0 Å². The number of methoxy groups -OCH3 is 1. The van der Waals surface area contributed by atoms with E-state index in [0.717, 1.165) is 49.0 Å². The lowest BCUT2D eigenvalue weighted by Gasteiger charge is -2.43. The highest BCUT2D eigenvalue weighted by Gasteiger charge is 2.37. The lowest BCUT2D eigenvalue weighted by molar-refractivity contribution is -0.141. The van der Waals surface area contributed by atoms with Gasteiger partial charge in [-0.05, 0) is 75.2 Å². The van der Waals surface area contributed by atoms with Gasteiger partial charge in [0.05, 0.1) is 24.4 Å². The first-order valence-corrected chi connectivity index (χ1v) is 11.9. The van der Waals surface area contributed by atoms with Crippen molar-refractivity contribution >= 4 is 22.5 Å². The van der Waals surface area contributed by atoms with Crippen LogP contribution >= 0.6 is 0 Å². The lowest BCUT2D eigenvalue weighted by atomic mass is 9.67. The number of aromatic nitrogens is 3. The first-order chi connectivity index (χ1) is 16.8. The Kier molecular flexibility index (Phi) is 6.16. The summed E-state index contributed by atoms with van der Waals surface area (Å²) in [7, 11) is 1.47. The molecule has 2 aromatic heterocycles. The summed E-state index contributed by atoms with van der Waals surface area (Å²) in [5.74, 6) is -0.374. The summed E-state index contributed by atoms with van der Waals surface area (Å²) in [4.78, 5) is 16.1. The first-order valence-electron chi connectivity index (χ1n) is 11.9. The smallest absolute Gasteiger partial charge is 0.433 e. The summed E-state index contributed by atoms with van der Waals surface area (Å²) >= 11 is 0. The van der Waals surface area contributed by atoms with Crippen molar-refractivity contribution in [1.29, 1.82) is 0 Å². The fourth-order valence-electron chi connectivity index (χ4n) is 5.37. The topological polar surface area (TPSA) is 81.1 Å². The van der Waals surface area contributed by atoms with Crippen LogP contribution in [0.25, 0.3) is 10.9 Å². The number of carbonyl (C=O) groups excluding carboxylic acids is 1. The molecular weight excluding hydrogens is 459 g/mol. The highest BCUT2D eigenvalue weighted by atomic mass is 19.4. The van der Waals surface area contributed by atoms with Crippen LogP contribution in [0.3, 0.4) is 0 Å². The van der Waals surface area contributed by atoms with E-state index in [1.54, 1.807) is 12.1 Å². The molecule has 0 unspecified atom stereocenters. The second-order valence-corrected chi connectivity index (χ2v) is 9.56. The Morgan fingerprint density at radius 3 is 2.60 bits per heavy atom. The molecule has 2 N–H and O–H groups in total. The number of pyridine rings is 1. The van der Waals surface area contributed by atoms with Crippen LogP contribution in [0.5, 0.6) is 5.75 Å². The number of piperidine rings is 1. The van der Waals surface area contributed by atoms with Gasteiger partial charge in [-0.3, -0.25) is 9.48 Å². The van der Waals surface area contributed by atoms with Crippen LogP contribution in [0.15, 0.2) is 36.5 Å². The van der Waals surface area contributed by atoms with Crippen LogP contribution in [0.2, 0.25) is 0 Å². The Hall–Kier alpha value is -3.14. The van der Waals surface area contributed by atoms with Crippen LogP contribution in [0.4, 0.5) is 18.9 Å².